The van der Waals surface area contributed by atoms with Crippen LogP contribution in [0.25, 0.3) is 0 Å². The Labute approximate surface area is 122 Å². The van der Waals surface area contributed by atoms with Crippen molar-refractivity contribution in [2.24, 2.45) is 0 Å². The molecule has 1 fully saturated rings. The summed E-state index contributed by atoms with van der Waals surface area (Å²) in [5, 5.41) is 3.70. The summed E-state index contributed by atoms with van der Waals surface area (Å²) in [6, 6.07) is 10.3. The smallest absolute Gasteiger partial charge is 0.0208 e. The van der Waals surface area contributed by atoms with Crippen molar-refractivity contribution in [2.45, 2.75) is 50.2 Å². The minimum absolute atomic E-state index is 0.690. The number of piperidine rings is 1. The van der Waals surface area contributed by atoms with Gasteiger partial charge in [0.15, 0.2) is 0 Å². The third-order valence-corrected chi connectivity index (χ3v) is 4.76. The van der Waals surface area contributed by atoms with E-state index in [0.717, 1.165) is 6.54 Å². The van der Waals surface area contributed by atoms with Crippen molar-refractivity contribution in [2.75, 3.05) is 19.3 Å². The maximum Gasteiger partial charge on any atom is 0.0208 e. The monoisotopic (exact) mass is 278 g/mol. The molecule has 1 aliphatic rings. The highest BCUT2D eigenvalue weighted by molar-refractivity contribution is 7.98. The first-order valence-electron chi connectivity index (χ1n) is 7.29. The quantitative estimate of drug-likeness (QED) is 0.831. The van der Waals surface area contributed by atoms with Crippen LogP contribution in [0, 0.1) is 0 Å². The van der Waals surface area contributed by atoms with Crippen LogP contribution < -0.4 is 5.32 Å². The number of nitrogens with one attached hydrogen (secondary N) is 1. The first-order valence-corrected chi connectivity index (χ1v) is 8.52. The molecule has 1 heterocycles. The van der Waals surface area contributed by atoms with Crippen molar-refractivity contribution in [3.63, 3.8) is 0 Å². The molecule has 19 heavy (non-hydrogen) atoms. The van der Waals surface area contributed by atoms with Crippen molar-refractivity contribution in [1.82, 2.24) is 10.2 Å². The van der Waals surface area contributed by atoms with Gasteiger partial charge in [0.05, 0.1) is 0 Å². The van der Waals surface area contributed by atoms with Crippen LogP contribution in [0.2, 0.25) is 0 Å². The first-order chi connectivity index (χ1) is 9.19. The molecule has 1 saturated heterocycles. The van der Waals surface area contributed by atoms with Crippen LogP contribution in [-0.4, -0.2) is 36.3 Å². The molecule has 1 N–H and O–H groups in total. The van der Waals surface area contributed by atoms with E-state index in [2.05, 4.69) is 54.6 Å². The molecule has 106 valence electrons. The Morgan fingerprint density at radius 3 is 2.37 bits per heavy atom. The van der Waals surface area contributed by atoms with E-state index in [0.29, 0.717) is 12.1 Å². The molecule has 2 rings (SSSR count). The molecular formula is C16H26N2S. The van der Waals surface area contributed by atoms with E-state index in [4.69, 9.17) is 0 Å². The molecule has 0 radical (unpaired) electrons. The summed E-state index contributed by atoms with van der Waals surface area (Å²) in [4.78, 5) is 3.92. The molecule has 0 atom stereocenters. The average Bonchev–Trinajstić information content (AvgIpc) is 2.46. The highest BCUT2D eigenvalue weighted by atomic mass is 32.2. The van der Waals surface area contributed by atoms with Gasteiger partial charge in [0, 0.05) is 23.5 Å². The lowest BCUT2D eigenvalue weighted by Crippen LogP contribution is -2.44. The summed E-state index contributed by atoms with van der Waals surface area (Å²) in [5.41, 5.74) is 1.39. The number of thioether (sulfide) groups is 1. The first kappa shape index (κ1) is 14.9. The van der Waals surface area contributed by atoms with Gasteiger partial charge in [0.1, 0.15) is 0 Å². The van der Waals surface area contributed by atoms with E-state index >= 15 is 0 Å². The Bertz CT molecular complexity index is 367. The normalized spacial score (nSPS) is 18.1. The SMILES string of the molecule is CSc1ccc(CNC2CCN(C(C)C)CC2)cc1. The summed E-state index contributed by atoms with van der Waals surface area (Å²) in [6.07, 6.45) is 4.68. The van der Waals surface area contributed by atoms with Gasteiger partial charge in [-0.2, -0.15) is 0 Å². The molecule has 0 spiro atoms. The maximum atomic E-state index is 3.70. The molecule has 3 heteroatoms. The van der Waals surface area contributed by atoms with Crippen LogP contribution in [0.4, 0.5) is 0 Å². The second-order valence-electron chi connectivity index (χ2n) is 5.63. The predicted molar refractivity (Wildman–Crippen MR) is 84.8 cm³/mol. The summed E-state index contributed by atoms with van der Waals surface area (Å²) >= 11 is 1.80. The number of benzene rings is 1. The molecule has 0 aliphatic carbocycles. The molecule has 2 nitrogen and oxygen atoms in total. The predicted octanol–water partition coefficient (Wildman–Crippen LogP) is 3.37. The topological polar surface area (TPSA) is 15.3 Å². The lowest BCUT2D eigenvalue weighted by atomic mass is 10.0. The highest BCUT2D eigenvalue weighted by Crippen LogP contribution is 2.16. The van der Waals surface area contributed by atoms with Gasteiger partial charge in [-0.25, -0.2) is 0 Å². The molecular weight excluding hydrogens is 252 g/mol. The lowest BCUT2D eigenvalue weighted by molar-refractivity contribution is 0.161. The molecule has 0 bridgehead atoms. The molecule has 0 aromatic heterocycles. The number of likely N-dealkylation sites (tertiary alicyclic amines) is 1. The van der Waals surface area contributed by atoms with Crippen LogP contribution in [0.3, 0.4) is 0 Å². The average molecular weight is 278 g/mol. The van der Waals surface area contributed by atoms with Gasteiger partial charge in [-0.3, -0.25) is 0 Å². The zero-order valence-corrected chi connectivity index (χ0v) is 13.2. The van der Waals surface area contributed by atoms with E-state index in [1.165, 1.54) is 36.4 Å². The van der Waals surface area contributed by atoms with E-state index in [1.807, 2.05) is 0 Å². The van der Waals surface area contributed by atoms with Crippen molar-refractivity contribution < 1.29 is 0 Å². The minimum atomic E-state index is 0.690. The van der Waals surface area contributed by atoms with Gasteiger partial charge in [0.25, 0.3) is 0 Å². The zero-order chi connectivity index (χ0) is 13.7. The van der Waals surface area contributed by atoms with Crippen molar-refractivity contribution in [1.29, 1.82) is 0 Å². The number of hydrogen-bond acceptors (Lipinski definition) is 3. The Morgan fingerprint density at radius 1 is 1.21 bits per heavy atom. The second kappa shape index (κ2) is 7.32. The number of nitrogens with zero attached hydrogens (tertiary/aromatic N) is 1. The Morgan fingerprint density at radius 2 is 1.84 bits per heavy atom. The Balaban J connectivity index is 1.74. The van der Waals surface area contributed by atoms with Crippen molar-refractivity contribution >= 4 is 11.8 Å². The summed E-state index contributed by atoms with van der Waals surface area (Å²) < 4.78 is 0. The fraction of sp³-hybridized carbons (Fsp3) is 0.625. The van der Waals surface area contributed by atoms with E-state index in [-0.39, 0.29) is 0 Å². The molecule has 1 aromatic rings. The molecule has 1 aliphatic heterocycles. The standard InChI is InChI=1S/C16H26N2S/c1-13(2)18-10-8-15(9-11-18)17-12-14-4-6-16(19-3)7-5-14/h4-7,13,15,17H,8-12H2,1-3H3. The summed E-state index contributed by atoms with van der Waals surface area (Å²) in [6.45, 7) is 8.06. The lowest BCUT2D eigenvalue weighted by Gasteiger charge is -2.35. The minimum Gasteiger partial charge on any atom is -0.310 e. The van der Waals surface area contributed by atoms with Gasteiger partial charge in [-0.1, -0.05) is 12.1 Å². The highest BCUT2D eigenvalue weighted by Gasteiger charge is 2.19. The maximum absolute atomic E-state index is 3.70. The van der Waals surface area contributed by atoms with Crippen LogP contribution in [-0.2, 0) is 6.54 Å². The van der Waals surface area contributed by atoms with Gasteiger partial charge in [-0.05, 0) is 63.7 Å². The molecule has 0 amide bonds. The number of rotatable bonds is 5. The van der Waals surface area contributed by atoms with Crippen LogP contribution >= 0.6 is 11.8 Å². The van der Waals surface area contributed by atoms with Crippen LogP contribution in [0.1, 0.15) is 32.3 Å². The molecule has 0 saturated carbocycles. The van der Waals surface area contributed by atoms with Gasteiger partial charge in [-0.15, -0.1) is 11.8 Å². The molecule has 0 unspecified atom stereocenters. The Kier molecular flexibility index (Phi) is 5.74. The van der Waals surface area contributed by atoms with Gasteiger partial charge >= 0.3 is 0 Å². The fourth-order valence-corrected chi connectivity index (χ4v) is 3.03. The van der Waals surface area contributed by atoms with Gasteiger partial charge in [0.2, 0.25) is 0 Å². The largest absolute Gasteiger partial charge is 0.310 e. The number of hydrogen-bond donors (Lipinski definition) is 1. The summed E-state index contributed by atoms with van der Waals surface area (Å²) in [5.74, 6) is 0. The van der Waals surface area contributed by atoms with Crippen LogP contribution in [0.5, 0.6) is 0 Å². The van der Waals surface area contributed by atoms with E-state index in [9.17, 15) is 0 Å². The van der Waals surface area contributed by atoms with Crippen molar-refractivity contribution in [3.05, 3.63) is 29.8 Å². The molecule has 1 aromatic carbocycles. The third kappa shape index (κ3) is 4.51. The van der Waals surface area contributed by atoms with Crippen LogP contribution in [0.15, 0.2) is 29.2 Å². The van der Waals surface area contributed by atoms with Crippen molar-refractivity contribution in [3.8, 4) is 0 Å². The third-order valence-electron chi connectivity index (χ3n) is 4.01. The second-order valence-corrected chi connectivity index (χ2v) is 6.51. The van der Waals surface area contributed by atoms with Gasteiger partial charge < -0.3 is 10.2 Å². The van der Waals surface area contributed by atoms with E-state index in [1.54, 1.807) is 11.8 Å². The summed E-state index contributed by atoms with van der Waals surface area (Å²) in [7, 11) is 0. The van der Waals surface area contributed by atoms with E-state index < -0.39 is 0 Å². The zero-order valence-electron chi connectivity index (χ0n) is 12.4. The fourth-order valence-electron chi connectivity index (χ4n) is 2.63. The Hall–Kier alpha value is -0.510.